The van der Waals surface area contributed by atoms with Crippen molar-refractivity contribution in [2.24, 2.45) is 0 Å². The fourth-order valence-electron chi connectivity index (χ4n) is 4.43. The van der Waals surface area contributed by atoms with Crippen molar-refractivity contribution in [3.8, 4) is 11.1 Å². The van der Waals surface area contributed by atoms with Gasteiger partial charge >= 0.3 is 12.1 Å². The monoisotopic (exact) mass is 454 g/mol. The fraction of sp³-hybridized carbons (Fsp3) is 0.375. The maximum atomic E-state index is 12.5. The average Bonchev–Trinajstić information content (AvgIpc) is 3.40. The maximum absolute atomic E-state index is 12.5. The zero-order valence-electron chi connectivity index (χ0n) is 17.9. The lowest BCUT2D eigenvalue weighted by Crippen LogP contribution is -2.52. The van der Waals surface area contributed by atoms with Gasteiger partial charge in [0.05, 0.1) is 6.04 Å². The first-order valence-corrected chi connectivity index (χ1v) is 10.9. The largest absolute Gasteiger partial charge is 0.480 e. The Hall–Kier alpha value is -3.43. The summed E-state index contributed by atoms with van der Waals surface area (Å²) in [6.07, 6.45) is -1.44. The second kappa shape index (κ2) is 10.0. The van der Waals surface area contributed by atoms with E-state index in [1.54, 1.807) is 0 Å². The topological polar surface area (TPSA) is 134 Å². The summed E-state index contributed by atoms with van der Waals surface area (Å²) in [5.41, 5.74) is 4.44. The lowest BCUT2D eigenvalue weighted by molar-refractivity contribution is -0.144. The van der Waals surface area contributed by atoms with Crippen molar-refractivity contribution < 1.29 is 34.1 Å². The van der Waals surface area contributed by atoms with Crippen molar-refractivity contribution in [3.63, 3.8) is 0 Å². The first kappa shape index (κ1) is 22.8. The van der Waals surface area contributed by atoms with E-state index in [1.165, 1.54) is 0 Å². The maximum Gasteiger partial charge on any atom is 0.407 e. The molecule has 1 heterocycles. The van der Waals surface area contributed by atoms with Crippen molar-refractivity contribution in [2.75, 3.05) is 19.8 Å². The number of aliphatic hydroxyl groups excluding tert-OH is 1. The van der Waals surface area contributed by atoms with Gasteiger partial charge in [0, 0.05) is 25.6 Å². The van der Waals surface area contributed by atoms with Crippen molar-refractivity contribution >= 4 is 18.0 Å². The second-order valence-electron chi connectivity index (χ2n) is 8.07. The van der Waals surface area contributed by atoms with E-state index in [1.807, 2.05) is 36.4 Å². The van der Waals surface area contributed by atoms with Gasteiger partial charge in [0.1, 0.15) is 12.6 Å². The van der Waals surface area contributed by atoms with Gasteiger partial charge in [-0.25, -0.2) is 9.59 Å². The Kier molecular flexibility index (Phi) is 6.90. The third-order valence-corrected chi connectivity index (χ3v) is 6.03. The SMILES string of the molecule is O=C(N[C@H]1CCO[C@H]1C(=O)N[C@H](CCO)C(=O)O)OCC1c2ccccc2-c2ccccc21. The summed E-state index contributed by atoms with van der Waals surface area (Å²) in [5, 5.41) is 23.2. The molecule has 0 radical (unpaired) electrons. The van der Waals surface area contributed by atoms with Gasteiger partial charge < -0.3 is 30.3 Å². The summed E-state index contributed by atoms with van der Waals surface area (Å²) < 4.78 is 10.9. The molecular formula is C24H26N2O7. The Morgan fingerprint density at radius 1 is 1.06 bits per heavy atom. The molecule has 0 aromatic heterocycles. The van der Waals surface area contributed by atoms with Gasteiger partial charge in [0.15, 0.2) is 6.10 Å². The normalized spacial score (nSPS) is 19.9. The predicted octanol–water partition coefficient (Wildman–Crippen LogP) is 1.63. The molecule has 9 heteroatoms. The standard InChI is InChI=1S/C24H26N2O7/c27-11-9-20(23(29)30)25-22(28)21-19(10-12-32-21)26-24(31)33-13-18-16-7-3-1-5-14(16)15-6-2-4-8-17(15)18/h1-8,18-21,27H,9-13H2,(H,25,28)(H,26,31)(H,29,30)/t19-,20+,21+/m0/s1. The number of hydrogen-bond acceptors (Lipinski definition) is 6. The van der Waals surface area contributed by atoms with Crippen LogP contribution < -0.4 is 10.6 Å². The van der Waals surface area contributed by atoms with E-state index in [2.05, 4.69) is 22.8 Å². The minimum absolute atomic E-state index is 0.0862. The summed E-state index contributed by atoms with van der Waals surface area (Å²) in [5.74, 6) is -1.99. The van der Waals surface area contributed by atoms with Gasteiger partial charge in [-0.2, -0.15) is 0 Å². The number of benzene rings is 2. The molecule has 2 aliphatic rings. The molecule has 9 nitrogen and oxygen atoms in total. The fourth-order valence-corrected chi connectivity index (χ4v) is 4.43. The van der Waals surface area contributed by atoms with Gasteiger partial charge in [-0.05, 0) is 28.7 Å². The highest BCUT2D eigenvalue weighted by molar-refractivity contribution is 5.87. The van der Waals surface area contributed by atoms with Crippen molar-refractivity contribution in [3.05, 3.63) is 59.7 Å². The second-order valence-corrected chi connectivity index (χ2v) is 8.07. The number of carbonyl (C=O) groups excluding carboxylic acids is 2. The molecule has 2 aromatic carbocycles. The van der Waals surface area contributed by atoms with Crippen LogP contribution in [-0.4, -0.2) is 66.2 Å². The Morgan fingerprint density at radius 2 is 1.70 bits per heavy atom. The highest BCUT2D eigenvalue weighted by atomic mass is 16.6. The van der Waals surface area contributed by atoms with Crippen LogP contribution in [0.15, 0.2) is 48.5 Å². The first-order valence-electron chi connectivity index (χ1n) is 10.9. The number of fused-ring (bicyclic) bond motifs is 3. The van der Waals surface area contributed by atoms with Gasteiger partial charge in [-0.15, -0.1) is 0 Å². The molecular weight excluding hydrogens is 428 g/mol. The molecule has 2 aromatic rings. The molecule has 1 aliphatic carbocycles. The Labute approximate surface area is 190 Å². The zero-order chi connectivity index (χ0) is 23.4. The minimum atomic E-state index is -1.25. The number of nitrogens with one attached hydrogen (secondary N) is 2. The highest BCUT2D eigenvalue weighted by Gasteiger charge is 2.37. The van der Waals surface area contributed by atoms with E-state index in [0.717, 1.165) is 22.3 Å². The summed E-state index contributed by atoms with van der Waals surface area (Å²) in [7, 11) is 0. The predicted molar refractivity (Wildman–Crippen MR) is 118 cm³/mol. The van der Waals surface area contributed by atoms with Crippen LogP contribution in [0.2, 0.25) is 0 Å². The molecule has 0 unspecified atom stereocenters. The number of aliphatic hydroxyl groups is 1. The number of carboxylic acids is 1. The molecule has 4 rings (SSSR count). The molecule has 0 saturated carbocycles. The molecule has 0 spiro atoms. The van der Waals surface area contributed by atoms with E-state index < -0.39 is 36.2 Å². The van der Waals surface area contributed by atoms with Crippen LogP contribution in [-0.2, 0) is 19.1 Å². The number of hydrogen-bond donors (Lipinski definition) is 4. The molecule has 2 amide bonds. The Bertz CT molecular complexity index is 995. The van der Waals surface area contributed by atoms with Crippen molar-refractivity contribution in [2.45, 2.75) is 36.9 Å². The number of ether oxygens (including phenoxy) is 2. The van der Waals surface area contributed by atoms with Crippen LogP contribution in [0, 0.1) is 0 Å². The van der Waals surface area contributed by atoms with Gasteiger partial charge in [0.2, 0.25) is 0 Å². The number of aliphatic carboxylic acids is 1. The van der Waals surface area contributed by atoms with Gasteiger partial charge in [0.25, 0.3) is 5.91 Å². The smallest absolute Gasteiger partial charge is 0.407 e. The van der Waals surface area contributed by atoms with Crippen molar-refractivity contribution in [1.29, 1.82) is 0 Å². The summed E-state index contributed by atoms with van der Waals surface area (Å²) >= 11 is 0. The van der Waals surface area contributed by atoms with E-state index in [9.17, 15) is 14.4 Å². The third kappa shape index (κ3) is 4.84. The van der Waals surface area contributed by atoms with Gasteiger partial charge in [-0.1, -0.05) is 48.5 Å². The van der Waals surface area contributed by atoms with E-state index in [-0.39, 0.29) is 32.2 Å². The molecule has 1 aliphatic heterocycles. The summed E-state index contributed by atoms with van der Waals surface area (Å²) in [6, 6.07) is 14.1. The van der Waals surface area contributed by atoms with Crippen LogP contribution in [0.3, 0.4) is 0 Å². The van der Waals surface area contributed by atoms with Crippen molar-refractivity contribution in [1.82, 2.24) is 10.6 Å². The first-order chi connectivity index (χ1) is 16.0. The number of rotatable bonds is 8. The van der Waals surface area contributed by atoms with Crippen LogP contribution in [0.4, 0.5) is 4.79 Å². The summed E-state index contributed by atoms with van der Waals surface area (Å²) in [4.78, 5) is 36.3. The zero-order valence-corrected chi connectivity index (χ0v) is 17.9. The van der Waals surface area contributed by atoms with Crippen LogP contribution >= 0.6 is 0 Å². The number of carbonyl (C=O) groups is 3. The van der Waals surface area contributed by atoms with E-state index in [0.29, 0.717) is 6.42 Å². The average molecular weight is 454 g/mol. The molecule has 1 fully saturated rings. The molecule has 4 N–H and O–H groups in total. The Morgan fingerprint density at radius 3 is 2.30 bits per heavy atom. The van der Waals surface area contributed by atoms with E-state index in [4.69, 9.17) is 19.7 Å². The quantitative estimate of drug-likeness (QED) is 0.476. The molecule has 0 bridgehead atoms. The lowest BCUT2D eigenvalue weighted by Gasteiger charge is -2.22. The molecule has 174 valence electrons. The highest BCUT2D eigenvalue weighted by Crippen LogP contribution is 2.44. The third-order valence-electron chi connectivity index (χ3n) is 6.03. The number of alkyl carbamates (subject to hydrolysis) is 1. The number of amides is 2. The molecule has 1 saturated heterocycles. The number of carboxylic acid groups (broad SMARTS) is 1. The molecule has 33 heavy (non-hydrogen) atoms. The summed E-state index contributed by atoms with van der Waals surface area (Å²) in [6.45, 7) is -0.00374. The van der Waals surface area contributed by atoms with E-state index >= 15 is 0 Å². The van der Waals surface area contributed by atoms with Crippen LogP contribution in [0.25, 0.3) is 11.1 Å². The lowest BCUT2D eigenvalue weighted by atomic mass is 9.98. The Balaban J connectivity index is 1.36. The minimum Gasteiger partial charge on any atom is -0.480 e. The van der Waals surface area contributed by atoms with Gasteiger partial charge in [-0.3, -0.25) is 4.79 Å². The van der Waals surface area contributed by atoms with Crippen LogP contribution in [0.5, 0.6) is 0 Å². The van der Waals surface area contributed by atoms with Crippen LogP contribution in [0.1, 0.15) is 29.9 Å². The molecule has 3 atom stereocenters.